The molecule has 3 rings (SSSR count). The summed E-state index contributed by atoms with van der Waals surface area (Å²) in [6, 6.07) is 7.30. The minimum atomic E-state index is -0.300. The fraction of sp³-hybridized carbons (Fsp3) is 0.429. The molecule has 1 aromatic carbocycles. The molecule has 0 saturated carbocycles. The Morgan fingerprint density at radius 2 is 2.03 bits per heavy atom. The lowest BCUT2D eigenvalue weighted by atomic mass is 9.97. The maximum atomic E-state index is 12.8. The van der Waals surface area contributed by atoms with Crippen molar-refractivity contribution in [3.05, 3.63) is 52.8 Å². The summed E-state index contributed by atoms with van der Waals surface area (Å²) in [5.41, 5.74) is 6.57. The molecule has 29 heavy (non-hydrogen) atoms. The molecule has 2 saturated heterocycles. The molecular weight excluding hydrogens is 394 g/mol. The van der Waals surface area contributed by atoms with Gasteiger partial charge in [0, 0.05) is 30.0 Å². The topological polar surface area (TPSA) is 93.9 Å². The summed E-state index contributed by atoms with van der Waals surface area (Å²) >= 11 is 5.88. The van der Waals surface area contributed by atoms with Crippen LogP contribution >= 0.6 is 11.6 Å². The number of likely N-dealkylation sites (tertiary alicyclic amines) is 1. The van der Waals surface area contributed by atoms with Crippen molar-refractivity contribution in [3.63, 3.8) is 0 Å². The summed E-state index contributed by atoms with van der Waals surface area (Å²) in [6.07, 6.45) is 4.28. The van der Waals surface area contributed by atoms with Crippen LogP contribution in [0.25, 0.3) is 0 Å². The second kappa shape index (κ2) is 9.80. The number of benzene rings is 1. The molecular formula is C21H26ClN3O4. The number of halogens is 1. The van der Waals surface area contributed by atoms with E-state index in [0.29, 0.717) is 41.9 Å². The largest absolute Gasteiger partial charge is 0.493 e. The molecule has 156 valence electrons. The molecule has 2 aliphatic heterocycles. The molecule has 1 atom stereocenters. The smallest absolute Gasteiger partial charge is 0.255 e. The van der Waals surface area contributed by atoms with Gasteiger partial charge in [-0.25, -0.2) is 0 Å². The van der Waals surface area contributed by atoms with Gasteiger partial charge in [0.2, 0.25) is 5.91 Å². The van der Waals surface area contributed by atoms with E-state index in [2.05, 4.69) is 5.32 Å². The Hall–Kier alpha value is -2.51. The molecule has 2 fully saturated rings. The summed E-state index contributed by atoms with van der Waals surface area (Å²) in [5.74, 6) is 0.784. The van der Waals surface area contributed by atoms with Gasteiger partial charge in [-0.1, -0.05) is 11.6 Å². The third-order valence-electron chi connectivity index (χ3n) is 5.12. The Morgan fingerprint density at radius 3 is 2.69 bits per heavy atom. The number of hydrogen-bond acceptors (Lipinski definition) is 5. The fourth-order valence-electron chi connectivity index (χ4n) is 3.32. The van der Waals surface area contributed by atoms with Gasteiger partial charge in [0.15, 0.2) is 0 Å². The standard InChI is InChI=1S/C21H26ClN3O4/c1-14-19(24-20(26)13-28-14)10-16(11-23)21(27)25-8-6-15(7-9-25)12-29-18-4-2-17(22)3-5-18/h2-5,10-11,14-15H,6-9,12-13,23H2,1H3,(H,24,26)/b16-11+,19-10+. The molecule has 0 bridgehead atoms. The maximum Gasteiger partial charge on any atom is 0.255 e. The Bertz CT molecular complexity index is 799. The van der Waals surface area contributed by atoms with Crippen molar-refractivity contribution in [2.45, 2.75) is 25.9 Å². The number of nitrogens with zero attached hydrogens (tertiary/aromatic N) is 1. The molecule has 2 heterocycles. The van der Waals surface area contributed by atoms with Gasteiger partial charge in [-0.2, -0.15) is 0 Å². The average molecular weight is 420 g/mol. The lowest BCUT2D eigenvalue weighted by molar-refractivity contribution is -0.130. The zero-order valence-electron chi connectivity index (χ0n) is 16.4. The lowest BCUT2D eigenvalue weighted by Gasteiger charge is -2.32. The number of morpholine rings is 1. The van der Waals surface area contributed by atoms with Crippen LogP contribution in [0.4, 0.5) is 0 Å². The lowest BCUT2D eigenvalue weighted by Crippen LogP contribution is -2.42. The summed E-state index contributed by atoms with van der Waals surface area (Å²) in [7, 11) is 0. The van der Waals surface area contributed by atoms with Crippen LogP contribution in [-0.2, 0) is 14.3 Å². The van der Waals surface area contributed by atoms with E-state index >= 15 is 0 Å². The number of amides is 2. The highest BCUT2D eigenvalue weighted by Gasteiger charge is 2.26. The molecule has 0 spiro atoms. The predicted molar refractivity (Wildman–Crippen MR) is 110 cm³/mol. The van der Waals surface area contributed by atoms with Crippen molar-refractivity contribution < 1.29 is 19.1 Å². The number of rotatable bonds is 5. The number of carbonyl (C=O) groups is 2. The van der Waals surface area contributed by atoms with Gasteiger partial charge in [-0.3, -0.25) is 9.59 Å². The van der Waals surface area contributed by atoms with Crippen LogP contribution in [0.2, 0.25) is 5.02 Å². The quantitative estimate of drug-likeness (QED) is 0.714. The van der Waals surface area contributed by atoms with Crippen LogP contribution in [0.15, 0.2) is 47.8 Å². The van der Waals surface area contributed by atoms with Gasteiger partial charge >= 0.3 is 0 Å². The van der Waals surface area contributed by atoms with E-state index in [4.69, 9.17) is 26.8 Å². The van der Waals surface area contributed by atoms with Gasteiger partial charge in [-0.15, -0.1) is 0 Å². The molecule has 1 aromatic rings. The zero-order chi connectivity index (χ0) is 20.8. The summed E-state index contributed by atoms with van der Waals surface area (Å²) in [6.45, 7) is 3.70. The monoisotopic (exact) mass is 419 g/mol. The maximum absolute atomic E-state index is 12.8. The highest BCUT2D eigenvalue weighted by molar-refractivity contribution is 6.30. The van der Waals surface area contributed by atoms with Crippen molar-refractivity contribution in [1.29, 1.82) is 0 Å². The molecule has 3 N–H and O–H groups in total. The average Bonchev–Trinajstić information content (AvgIpc) is 2.74. The van der Waals surface area contributed by atoms with Crippen molar-refractivity contribution in [1.82, 2.24) is 10.2 Å². The normalized spacial score (nSPS) is 22.5. The Balaban J connectivity index is 1.52. The number of hydrogen-bond donors (Lipinski definition) is 2. The van der Waals surface area contributed by atoms with E-state index in [0.717, 1.165) is 18.6 Å². The van der Waals surface area contributed by atoms with Gasteiger partial charge in [0.05, 0.1) is 18.3 Å². The Labute approximate surface area is 175 Å². The van der Waals surface area contributed by atoms with Crippen molar-refractivity contribution in [3.8, 4) is 5.75 Å². The number of ether oxygens (including phenoxy) is 2. The first kappa shape index (κ1) is 21.2. The first-order valence-corrected chi connectivity index (χ1v) is 10.1. The molecule has 0 radical (unpaired) electrons. The van der Waals surface area contributed by atoms with E-state index in [9.17, 15) is 9.59 Å². The second-order valence-electron chi connectivity index (χ2n) is 7.22. The van der Waals surface area contributed by atoms with Gasteiger partial charge in [0.1, 0.15) is 12.4 Å². The first-order chi connectivity index (χ1) is 14.0. The third-order valence-corrected chi connectivity index (χ3v) is 5.38. The van der Waals surface area contributed by atoms with E-state index in [1.165, 1.54) is 6.20 Å². The van der Waals surface area contributed by atoms with Crippen LogP contribution in [0, 0.1) is 5.92 Å². The van der Waals surface area contributed by atoms with E-state index in [1.807, 2.05) is 19.1 Å². The molecule has 7 nitrogen and oxygen atoms in total. The molecule has 1 unspecified atom stereocenters. The minimum Gasteiger partial charge on any atom is -0.493 e. The molecule has 0 aliphatic carbocycles. The van der Waals surface area contributed by atoms with Crippen LogP contribution in [0.1, 0.15) is 19.8 Å². The third kappa shape index (κ3) is 5.74. The van der Waals surface area contributed by atoms with Crippen LogP contribution in [0.3, 0.4) is 0 Å². The summed E-state index contributed by atoms with van der Waals surface area (Å²) in [5, 5.41) is 3.41. The Morgan fingerprint density at radius 1 is 1.34 bits per heavy atom. The van der Waals surface area contributed by atoms with Gasteiger partial charge in [0.25, 0.3) is 5.91 Å². The van der Waals surface area contributed by atoms with Crippen LogP contribution in [-0.4, -0.2) is 49.1 Å². The van der Waals surface area contributed by atoms with Crippen LogP contribution < -0.4 is 15.8 Å². The highest BCUT2D eigenvalue weighted by Crippen LogP contribution is 2.22. The molecule has 8 heteroatoms. The summed E-state index contributed by atoms with van der Waals surface area (Å²) in [4.78, 5) is 26.2. The molecule has 0 aromatic heterocycles. The number of nitrogens with one attached hydrogen (secondary N) is 1. The van der Waals surface area contributed by atoms with Gasteiger partial charge < -0.3 is 25.4 Å². The van der Waals surface area contributed by atoms with E-state index in [-0.39, 0.29) is 24.5 Å². The van der Waals surface area contributed by atoms with Crippen molar-refractivity contribution >= 4 is 23.4 Å². The SMILES string of the molecule is CC1OCC(=O)N/C1=C/C(=C\N)C(=O)N1CCC(COc2ccc(Cl)cc2)CC1. The minimum absolute atomic E-state index is 0.0136. The van der Waals surface area contributed by atoms with E-state index < -0.39 is 0 Å². The zero-order valence-corrected chi connectivity index (χ0v) is 17.2. The predicted octanol–water partition coefficient (Wildman–Crippen LogP) is 2.22. The number of nitrogens with two attached hydrogens (primary N) is 1. The molecule has 2 amide bonds. The van der Waals surface area contributed by atoms with Crippen molar-refractivity contribution in [2.75, 3.05) is 26.3 Å². The van der Waals surface area contributed by atoms with E-state index in [1.54, 1.807) is 23.1 Å². The fourth-order valence-corrected chi connectivity index (χ4v) is 3.45. The van der Waals surface area contributed by atoms with Crippen LogP contribution in [0.5, 0.6) is 5.75 Å². The van der Waals surface area contributed by atoms with Gasteiger partial charge in [-0.05, 0) is 56.0 Å². The number of piperidine rings is 1. The van der Waals surface area contributed by atoms with Crippen molar-refractivity contribution in [2.24, 2.45) is 11.7 Å². The summed E-state index contributed by atoms with van der Waals surface area (Å²) < 4.78 is 11.2. The second-order valence-corrected chi connectivity index (χ2v) is 7.66. The highest BCUT2D eigenvalue weighted by atomic mass is 35.5. The Kier molecular flexibility index (Phi) is 7.17. The number of carbonyl (C=O) groups excluding carboxylic acids is 2. The first-order valence-electron chi connectivity index (χ1n) is 9.69. The molecule has 2 aliphatic rings.